The SMILES string of the molecule is CC1(C)c2ccccc2-c2cc3c4ccccc4n(-c4cc(-c5ccccc5)[nH]n4)c3cc21. The van der Waals surface area contributed by atoms with Crippen LogP contribution in [0.25, 0.3) is 50.0 Å². The van der Waals surface area contributed by atoms with E-state index in [4.69, 9.17) is 5.10 Å². The highest BCUT2D eigenvalue weighted by Crippen LogP contribution is 2.50. The number of nitrogens with one attached hydrogen (secondary N) is 1. The summed E-state index contributed by atoms with van der Waals surface area (Å²) >= 11 is 0. The van der Waals surface area contributed by atoms with Crippen LogP contribution in [0, 0.1) is 0 Å². The van der Waals surface area contributed by atoms with Gasteiger partial charge in [-0.15, -0.1) is 0 Å². The van der Waals surface area contributed by atoms with E-state index in [1.807, 2.05) is 6.07 Å². The number of nitrogens with zero attached hydrogens (tertiary/aromatic N) is 2. The topological polar surface area (TPSA) is 33.6 Å². The van der Waals surface area contributed by atoms with Crippen molar-refractivity contribution in [2.45, 2.75) is 19.3 Å². The maximum absolute atomic E-state index is 4.74. The number of aromatic amines is 1. The number of rotatable bonds is 2. The van der Waals surface area contributed by atoms with E-state index >= 15 is 0 Å². The molecule has 4 aromatic carbocycles. The van der Waals surface area contributed by atoms with Gasteiger partial charge in [-0.25, -0.2) is 0 Å². The Kier molecular flexibility index (Phi) is 3.61. The van der Waals surface area contributed by atoms with Crippen LogP contribution in [0.5, 0.6) is 0 Å². The number of benzene rings is 4. The number of para-hydroxylation sites is 1. The summed E-state index contributed by atoms with van der Waals surface area (Å²) in [5.41, 5.74) is 9.95. The Morgan fingerprint density at radius 2 is 1.42 bits per heavy atom. The van der Waals surface area contributed by atoms with Gasteiger partial charge in [-0.3, -0.25) is 9.67 Å². The van der Waals surface area contributed by atoms with Crippen LogP contribution in [0.4, 0.5) is 0 Å². The van der Waals surface area contributed by atoms with E-state index in [9.17, 15) is 0 Å². The van der Waals surface area contributed by atoms with Crippen LogP contribution in [0.2, 0.25) is 0 Å². The molecule has 0 spiro atoms. The van der Waals surface area contributed by atoms with Crippen molar-refractivity contribution in [3.05, 3.63) is 108 Å². The van der Waals surface area contributed by atoms with Gasteiger partial charge < -0.3 is 0 Å². The normalized spacial score (nSPS) is 14.0. The summed E-state index contributed by atoms with van der Waals surface area (Å²) in [4.78, 5) is 0. The Labute approximate surface area is 192 Å². The third kappa shape index (κ3) is 2.48. The van der Waals surface area contributed by atoms with Crippen molar-refractivity contribution in [2.24, 2.45) is 0 Å². The van der Waals surface area contributed by atoms with E-state index in [0.29, 0.717) is 0 Å². The average molecular weight is 426 g/mol. The summed E-state index contributed by atoms with van der Waals surface area (Å²) in [6.45, 7) is 4.66. The third-order valence-electron chi connectivity index (χ3n) is 7.25. The molecule has 3 nitrogen and oxygen atoms in total. The molecule has 0 bridgehead atoms. The molecule has 0 unspecified atom stereocenters. The minimum absolute atomic E-state index is 0.0395. The van der Waals surface area contributed by atoms with Crippen LogP contribution >= 0.6 is 0 Å². The lowest BCUT2D eigenvalue weighted by atomic mass is 9.82. The second-order valence-electron chi connectivity index (χ2n) is 9.44. The summed E-state index contributed by atoms with van der Waals surface area (Å²) in [7, 11) is 0. The molecule has 3 heteroatoms. The molecule has 6 aromatic rings. The highest BCUT2D eigenvalue weighted by molar-refractivity contribution is 6.11. The lowest BCUT2D eigenvalue weighted by Crippen LogP contribution is -2.15. The lowest BCUT2D eigenvalue weighted by Gasteiger charge is -2.21. The minimum Gasteiger partial charge on any atom is -0.292 e. The maximum atomic E-state index is 4.74. The quantitative estimate of drug-likeness (QED) is 0.306. The van der Waals surface area contributed by atoms with Crippen LogP contribution in [0.1, 0.15) is 25.0 Å². The van der Waals surface area contributed by atoms with Gasteiger partial charge in [-0.05, 0) is 46.0 Å². The zero-order valence-corrected chi connectivity index (χ0v) is 18.6. The van der Waals surface area contributed by atoms with Crippen LogP contribution < -0.4 is 0 Å². The fourth-order valence-corrected chi connectivity index (χ4v) is 5.60. The average Bonchev–Trinajstić information content (AvgIpc) is 3.51. The van der Waals surface area contributed by atoms with E-state index < -0.39 is 0 Å². The Bertz CT molecular complexity index is 1680. The largest absolute Gasteiger partial charge is 0.292 e. The molecule has 0 radical (unpaired) electrons. The number of aromatic nitrogens is 3. The number of hydrogen-bond donors (Lipinski definition) is 1. The second kappa shape index (κ2) is 6.46. The fraction of sp³-hybridized carbons (Fsp3) is 0.100. The van der Waals surface area contributed by atoms with Gasteiger partial charge in [0, 0.05) is 22.3 Å². The van der Waals surface area contributed by atoms with Crippen molar-refractivity contribution in [3.63, 3.8) is 0 Å². The van der Waals surface area contributed by atoms with Gasteiger partial charge in [0.15, 0.2) is 5.82 Å². The summed E-state index contributed by atoms with van der Waals surface area (Å²) < 4.78 is 2.30. The van der Waals surface area contributed by atoms with Gasteiger partial charge in [0.05, 0.1) is 16.7 Å². The lowest BCUT2D eigenvalue weighted by molar-refractivity contribution is 0.661. The Morgan fingerprint density at radius 3 is 2.30 bits per heavy atom. The van der Waals surface area contributed by atoms with E-state index in [0.717, 1.165) is 17.1 Å². The standard InChI is InChI=1S/C30H23N3/c1-30(2)24-14-8-6-12-20(24)22-16-23-21-13-7-9-15-27(21)33(28(23)17-25(22)30)29-18-26(31-32-29)19-10-4-3-5-11-19/h3-18H,1-2H3,(H,31,32). The molecule has 0 fully saturated rings. The van der Waals surface area contributed by atoms with Crippen LogP contribution in [0.15, 0.2) is 97.1 Å². The molecule has 0 atom stereocenters. The zero-order chi connectivity index (χ0) is 22.2. The summed E-state index contributed by atoms with van der Waals surface area (Å²) in [6, 6.07) is 34.7. The molecule has 0 aliphatic heterocycles. The van der Waals surface area contributed by atoms with Gasteiger partial charge in [0.2, 0.25) is 0 Å². The second-order valence-corrected chi connectivity index (χ2v) is 9.44. The predicted molar refractivity (Wildman–Crippen MR) is 136 cm³/mol. The maximum Gasteiger partial charge on any atom is 0.160 e. The highest BCUT2D eigenvalue weighted by Gasteiger charge is 2.36. The third-order valence-corrected chi connectivity index (χ3v) is 7.25. The molecule has 0 saturated carbocycles. The smallest absolute Gasteiger partial charge is 0.160 e. The first-order chi connectivity index (χ1) is 16.1. The highest BCUT2D eigenvalue weighted by atomic mass is 15.2. The Morgan fingerprint density at radius 1 is 0.667 bits per heavy atom. The summed E-state index contributed by atoms with van der Waals surface area (Å²) in [5.74, 6) is 0.910. The molecule has 1 aliphatic rings. The fourth-order valence-electron chi connectivity index (χ4n) is 5.60. The van der Waals surface area contributed by atoms with Crippen molar-refractivity contribution in [3.8, 4) is 28.2 Å². The van der Waals surface area contributed by atoms with Gasteiger partial charge in [-0.1, -0.05) is 86.6 Å². The van der Waals surface area contributed by atoms with E-state index in [1.165, 1.54) is 44.1 Å². The zero-order valence-electron chi connectivity index (χ0n) is 18.6. The molecule has 7 rings (SSSR count). The number of H-pyrrole nitrogens is 1. The van der Waals surface area contributed by atoms with Crippen molar-refractivity contribution in [1.29, 1.82) is 0 Å². The van der Waals surface area contributed by atoms with Crippen LogP contribution in [-0.2, 0) is 5.41 Å². The van der Waals surface area contributed by atoms with Crippen molar-refractivity contribution in [2.75, 3.05) is 0 Å². The Hall–Kier alpha value is -4.11. The predicted octanol–water partition coefficient (Wildman–Crippen LogP) is 7.48. The molecular weight excluding hydrogens is 402 g/mol. The van der Waals surface area contributed by atoms with E-state index in [2.05, 4.69) is 115 Å². The van der Waals surface area contributed by atoms with E-state index in [1.54, 1.807) is 0 Å². The van der Waals surface area contributed by atoms with Gasteiger partial charge in [0.25, 0.3) is 0 Å². The molecule has 0 saturated heterocycles. The van der Waals surface area contributed by atoms with Gasteiger partial charge in [0.1, 0.15) is 0 Å². The van der Waals surface area contributed by atoms with Crippen molar-refractivity contribution in [1.82, 2.24) is 14.8 Å². The summed E-state index contributed by atoms with van der Waals surface area (Å²) in [5, 5.41) is 10.5. The first-order valence-electron chi connectivity index (χ1n) is 11.4. The van der Waals surface area contributed by atoms with Gasteiger partial charge >= 0.3 is 0 Å². The van der Waals surface area contributed by atoms with Crippen LogP contribution in [-0.4, -0.2) is 14.8 Å². The van der Waals surface area contributed by atoms with E-state index in [-0.39, 0.29) is 5.41 Å². The first kappa shape index (κ1) is 18.5. The molecule has 0 amide bonds. The minimum atomic E-state index is -0.0395. The molecule has 1 aliphatic carbocycles. The Balaban J connectivity index is 1.54. The first-order valence-corrected chi connectivity index (χ1v) is 11.4. The molecular formula is C30H23N3. The number of fused-ring (bicyclic) bond motifs is 6. The monoisotopic (exact) mass is 425 g/mol. The molecule has 2 aromatic heterocycles. The van der Waals surface area contributed by atoms with Crippen molar-refractivity contribution >= 4 is 21.8 Å². The van der Waals surface area contributed by atoms with Crippen LogP contribution in [0.3, 0.4) is 0 Å². The summed E-state index contributed by atoms with van der Waals surface area (Å²) in [6.07, 6.45) is 0. The molecule has 33 heavy (non-hydrogen) atoms. The molecule has 158 valence electrons. The van der Waals surface area contributed by atoms with Crippen molar-refractivity contribution < 1.29 is 0 Å². The molecule has 2 heterocycles. The molecule has 1 N–H and O–H groups in total. The number of hydrogen-bond acceptors (Lipinski definition) is 1. The van der Waals surface area contributed by atoms with Gasteiger partial charge in [-0.2, -0.15) is 5.10 Å².